The molecule has 0 fully saturated rings. The Bertz CT molecular complexity index is 550. The minimum atomic E-state index is -0.0639. The lowest BCUT2D eigenvalue weighted by Crippen LogP contribution is -2.23. The van der Waals surface area contributed by atoms with Gasteiger partial charge in [-0.1, -0.05) is 19.1 Å². The van der Waals surface area contributed by atoms with Gasteiger partial charge in [-0.3, -0.25) is 9.48 Å². The Labute approximate surface area is 113 Å². The molecule has 1 heterocycles. The van der Waals surface area contributed by atoms with Crippen LogP contribution in [-0.4, -0.2) is 15.7 Å². The third kappa shape index (κ3) is 3.22. The number of aromatic nitrogens is 2. The zero-order chi connectivity index (χ0) is 13.8. The van der Waals surface area contributed by atoms with E-state index in [1.54, 1.807) is 4.68 Å². The Kier molecular flexibility index (Phi) is 4.00. The topological polar surface area (TPSA) is 46.9 Å². The Balaban J connectivity index is 1.96. The van der Waals surface area contributed by atoms with Gasteiger partial charge >= 0.3 is 0 Å². The lowest BCUT2D eigenvalue weighted by molar-refractivity contribution is 0.0950. The van der Waals surface area contributed by atoms with Crippen molar-refractivity contribution in [3.63, 3.8) is 0 Å². The largest absolute Gasteiger partial charge is 0.346 e. The van der Waals surface area contributed by atoms with Crippen LogP contribution >= 0.6 is 0 Å². The predicted octanol–water partition coefficient (Wildman–Crippen LogP) is 2.22. The van der Waals surface area contributed by atoms with Crippen LogP contribution in [0.2, 0.25) is 0 Å². The number of carbonyl (C=O) groups excluding carboxylic acids is 1. The van der Waals surface area contributed by atoms with Crippen LogP contribution in [0.4, 0.5) is 0 Å². The van der Waals surface area contributed by atoms with Gasteiger partial charge in [-0.15, -0.1) is 0 Å². The summed E-state index contributed by atoms with van der Waals surface area (Å²) in [6.45, 7) is 4.54. The van der Waals surface area contributed by atoms with Gasteiger partial charge in [0.1, 0.15) is 0 Å². The van der Waals surface area contributed by atoms with Gasteiger partial charge in [-0.25, -0.2) is 0 Å². The fourth-order valence-electron chi connectivity index (χ4n) is 1.89. The van der Waals surface area contributed by atoms with E-state index in [2.05, 4.69) is 17.3 Å². The van der Waals surface area contributed by atoms with E-state index < -0.39 is 0 Å². The standard InChI is InChI=1S/C15H19N3O/c1-4-12-5-7-13(8-6-12)15(19)16-10-14-9-11(2)18(3)17-14/h5-9H,4,10H2,1-3H3,(H,16,19). The predicted molar refractivity (Wildman–Crippen MR) is 74.9 cm³/mol. The van der Waals surface area contributed by atoms with Gasteiger partial charge in [0, 0.05) is 18.3 Å². The van der Waals surface area contributed by atoms with E-state index in [-0.39, 0.29) is 5.91 Å². The van der Waals surface area contributed by atoms with E-state index in [1.807, 2.05) is 44.3 Å². The van der Waals surface area contributed by atoms with Gasteiger partial charge in [-0.2, -0.15) is 5.10 Å². The number of nitrogens with zero attached hydrogens (tertiary/aromatic N) is 2. The molecular formula is C15H19N3O. The highest BCUT2D eigenvalue weighted by molar-refractivity contribution is 5.94. The number of hydrogen-bond donors (Lipinski definition) is 1. The maximum Gasteiger partial charge on any atom is 0.251 e. The van der Waals surface area contributed by atoms with Gasteiger partial charge in [-0.05, 0) is 37.1 Å². The van der Waals surface area contributed by atoms with E-state index in [4.69, 9.17) is 0 Å². The fraction of sp³-hybridized carbons (Fsp3) is 0.333. The molecule has 0 aliphatic rings. The molecule has 1 N–H and O–H groups in total. The maximum atomic E-state index is 12.0. The lowest BCUT2D eigenvalue weighted by Gasteiger charge is -2.04. The van der Waals surface area contributed by atoms with Crippen molar-refractivity contribution in [1.29, 1.82) is 0 Å². The summed E-state index contributed by atoms with van der Waals surface area (Å²) in [5, 5.41) is 7.18. The number of rotatable bonds is 4. The van der Waals surface area contributed by atoms with Crippen molar-refractivity contribution in [3.8, 4) is 0 Å². The number of aryl methyl sites for hydroxylation is 3. The second kappa shape index (κ2) is 5.69. The molecule has 1 aromatic carbocycles. The minimum absolute atomic E-state index is 0.0639. The van der Waals surface area contributed by atoms with E-state index >= 15 is 0 Å². The Morgan fingerprint density at radius 1 is 1.32 bits per heavy atom. The van der Waals surface area contributed by atoms with Gasteiger partial charge in [0.25, 0.3) is 5.91 Å². The molecule has 100 valence electrons. The molecule has 0 bridgehead atoms. The summed E-state index contributed by atoms with van der Waals surface area (Å²) in [6, 6.07) is 9.66. The number of amides is 1. The van der Waals surface area contributed by atoms with Crippen molar-refractivity contribution in [2.45, 2.75) is 26.8 Å². The molecule has 0 unspecified atom stereocenters. The number of carbonyl (C=O) groups is 1. The quantitative estimate of drug-likeness (QED) is 0.913. The highest BCUT2D eigenvalue weighted by Crippen LogP contribution is 2.06. The van der Waals surface area contributed by atoms with Gasteiger partial charge < -0.3 is 5.32 Å². The first-order valence-electron chi connectivity index (χ1n) is 6.47. The number of nitrogens with one attached hydrogen (secondary N) is 1. The van der Waals surface area contributed by atoms with E-state index in [0.717, 1.165) is 17.8 Å². The molecule has 0 atom stereocenters. The van der Waals surface area contributed by atoms with Crippen molar-refractivity contribution >= 4 is 5.91 Å². The number of benzene rings is 1. The average Bonchev–Trinajstić information content (AvgIpc) is 2.75. The molecule has 0 saturated heterocycles. The summed E-state index contributed by atoms with van der Waals surface area (Å²) >= 11 is 0. The molecule has 2 aromatic rings. The van der Waals surface area contributed by atoms with Crippen LogP contribution in [-0.2, 0) is 20.0 Å². The average molecular weight is 257 g/mol. The first kappa shape index (κ1) is 13.3. The van der Waals surface area contributed by atoms with E-state index in [9.17, 15) is 4.79 Å². The van der Waals surface area contributed by atoms with Crippen LogP contribution in [0.1, 0.15) is 34.2 Å². The Hall–Kier alpha value is -2.10. The lowest BCUT2D eigenvalue weighted by atomic mass is 10.1. The summed E-state index contributed by atoms with van der Waals surface area (Å²) in [5.74, 6) is -0.0639. The van der Waals surface area contributed by atoms with Crippen LogP contribution in [0.3, 0.4) is 0 Å². The van der Waals surface area contributed by atoms with Crippen molar-refractivity contribution < 1.29 is 4.79 Å². The molecule has 4 nitrogen and oxygen atoms in total. The van der Waals surface area contributed by atoms with Crippen molar-refractivity contribution in [2.75, 3.05) is 0 Å². The highest BCUT2D eigenvalue weighted by atomic mass is 16.1. The van der Waals surface area contributed by atoms with Crippen molar-refractivity contribution in [2.24, 2.45) is 7.05 Å². The molecular weight excluding hydrogens is 238 g/mol. The summed E-state index contributed by atoms with van der Waals surface area (Å²) in [4.78, 5) is 12.0. The monoisotopic (exact) mass is 257 g/mol. The second-order valence-electron chi connectivity index (χ2n) is 4.63. The Morgan fingerprint density at radius 2 is 2.00 bits per heavy atom. The smallest absolute Gasteiger partial charge is 0.251 e. The van der Waals surface area contributed by atoms with Gasteiger partial charge in [0.15, 0.2) is 0 Å². The molecule has 1 aromatic heterocycles. The third-order valence-electron chi connectivity index (χ3n) is 3.22. The molecule has 0 aliphatic carbocycles. The zero-order valence-electron chi connectivity index (χ0n) is 11.6. The van der Waals surface area contributed by atoms with Crippen LogP contribution in [0, 0.1) is 6.92 Å². The maximum absolute atomic E-state index is 12.0. The molecule has 2 rings (SSSR count). The first-order valence-corrected chi connectivity index (χ1v) is 6.47. The number of hydrogen-bond acceptors (Lipinski definition) is 2. The molecule has 19 heavy (non-hydrogen) atoms. The molecule has 0 radical (unpaired) electrons. The highest BCUT2D eigenvalue weighted by Gasteiger charge is 2.07. The van der Waals surface area contributed by atoms with Crippen LogP contribution < -0.4 is 5.32 Å². The van der Waals surface area contributed by atoms with Crippen LogP contribution in [0.25, 0.3) is 0 Å². The summed E-state index contributed by atoms with van der Waals surface area (Å²) in [5.41, 5.74) is 3.87. The van der Waals surface area contributed by atoms with Crippen molar-refractivity contribution in [3.05, 3.63) is 52.8 Å². The van der Waals surface area contributed by atoms with E-state index in [1.165, 1.54) is 5.56 Å². The first-order chi connectivity index (χ1) is 9.10. The van der Waals surface area contributed by atoms with E-state index in [0.29, 0.717) is 12.1 Å². The third-order valence-corrected chi connectivity index (χ3v) is 3.22. The summed E-state index contributed by atoms with van der Waals surface area (Å²) in [7, 11) is 1.89. The normalized spacial score (nSPS) is 10.5. The second-order valence-corrected chi connectivity index (χ2v) is 4.63. The van der Waals surface area contributed by atoms with Gasteiger partial charge in [0.2, 0.25) is 0 Å². The molecule has 0 spiro atoms. The Morgan fingerprint density at radius 3 is 2.53 bits per heavy atom. The molecule has 1 amide bonds. The van der Waals surface area contributed by atoms with Crippen molar-refractivity contribution in [1.82, 2.24) is 15.1 Å². The molecule has 0 saturated carbocycles. The molecule has 4 heteroatoms. The minimum Gasteiger partial charge on any atom is -0.346 e. The zero-order valence-corrected chi connectivity index (χ0v) is 11.6. The fourth-order valence-corrected chi connectivity index (χ4v) is 1.89. The summed E-state index contributed by atoms with van der Waals surface area (Å²) in [6.07, 6.45) is 0.981. The SMILES string of the molecule is CCc1ccc(C(=O)NCc2cc(C)n(C)n2)cc1. The van der Waals surface area contributed by atoms with Crippen LogP contribution in [0.5, 0.6) is 0 Å². The van der Waals surface area contributed by atoms with Crippen LogP contribution in [0.15, 0.2) is 30.3 Å². The molecule has 0 aliphatic heterocycles. The van der Waals surface area contributed by atoms with Gasteiger partial charge in [0.05, 0.1) is 12.2 Å². The summed E-state index contributed by atoms with van der Waals surface area (Å²) < 4.78 is 1.80.